The van der Waals surface area contributed by atoms with Crippen molar-refractivity contribution in [3.05, 3.63) is 18.0 Å². The third-order valence-corrected chi connectivity index (χ3v) is 1.08. The molecule has 0 saturated carbocycles. The summed E-state index contributed by atoms with van der Waals surface area (Å²) in [6.45, 7) is 4.42. The molecule has 1 aromatic rings. The molecule has 0 aliphatic carbocycles. The molecule has 68 valence electrons. The lowest BCUT2D eigenvalue weighted by Gasteiger charge is -1.97. The summed E-state index contributed by atoms with van der Waals surface area (Å²) < 4.78 is 4.78. The average molecular weight is 169 g/mol. The fourth-order valence-electron chi connectivity index (χ4n) is 0.588. The van der Waals surface area contributed by atoms with E-state index in [-0.39, 0.29) is 0 Å². The van der Waals surface area contributed by atoms with Crippen molar-refractivity contribution in [3.63, 3.8) is 0 Å². The van der Waals surface area contributed by atoms with Crippen molar-refractivity contribution in [1.82, 2.24) is 9.97 Å². The standard InChI is InChI=1S/C6H9N3O.C2H6/c1-10-6-8-3-2-5(4-7)9-6;1-2/h2-3H,4,7H2,1H3;1-2H3. The van der Waals surface area contributed by atoms with Crippen LogP contribution in [0.1, 0.15) is 19.5 Å². The second-order valence-corrected chi connectivity index (χ2v) is 1.74. The van der Waals surface area contributed by atoms with Gasteiger partial charge >= 0.3 is 6.01 Å². The van der Waals surface area contributed by atoms with Crippen LogP contribution in [0.2, 0.25) is 0 Å². The molecule has 0 unspecified atom stereocenters. The van der Waals surface area contributed by atoms with Gasteiger partial charge in [0.05, 0.1) is 12.8 Å². The SMILES string of the molecule is CC.COc1nccc(CN)n1. The molecule has 1 rings (SSSR count). The Kier molecular flexibility index (Phi) is 5.91. The summed E-state index contributed by atoms with van der Waals surface area (Å²) in [5.74, 6) is 0. The van der Waals surface area contributed by atoms with E-state index in [1.54, 1.807) is 12.3 Å². The van der Waals surface area contributed by atoms with Crippen LogP contribution in [-0.2, 0) is 6.54 Å². The molecular weight excluding hydrogens is 154 g/mol. The molecule has 0 aliphatic rings. The summed E-state index contributed by atoms with van der Waals surface area (Å²) >= 11 is 0. The first-order chi connectivity index (χ1) is 5.86. The van der Waals surface area contributed by atoms with Crippen LogP contribution < -0.4 is 10.5 Å². The first-order valence-electron chi connectivity index (χ1n) is 3.93. The van der Waals surface area contributed by atoms with E-state index >= 15 is 0 Å². The van der Waals surface area contributed by atoms with Gasteiger partial charge in [-0.2, -0.15) is 4.98 Å². The van der Waals surface area contributed by atoms with Gasteiger partial charge in [0.2, 0.25) is 0 Å². The van der Waals surface area contributed by atoms with Crippen molar-refractivity contribution >= 4 is 0 Å². The Morgan fingerprint density at radius 2 is 2.17 bits per heavy atom. The molecule has 0 radical (unpaired) electrons. The van der Waals surface area contributed by atoms with Crippen LogP contribution in [0.4, 0.5) is 0 Å². The zero-order valence-electron chi connectivity index (χ0n) is 7.74. The molecule has 0 saturated heterocycles. The predicted octanol–water partition coefficient (Wildman–Crippen LogP) is 0.970. The Hall–Kier alpha value is -1.16. The highest BCUT2D eigenvalue weighted by molar-refractivity contribution is 5.04. The highest BCUT2D eigenvalue weighted by Crippen LogP contribution is 1.99. The van der Waals surface area contributed by atoms with Crippen molar-refractivity contribution in [3.8, 4) is 6.01 Å². The van der Waals surface area contributed by atoms with Gasteiger partial charge in [0.1, 0.15) is 0 Å². The van der Waals surface area contributed by atoms with Gasteiger partial charge in [0.15, 0.2) is 0 Å². The van der Waals surface area contributed by atoms with E-state index in [2.05, 4.69) is 9.97 Å². The van der Waals surface area contributed by atoms with Gasteiger partial charge in [-0.05, 0) is 6.07 Å². The molecule has 0 spiro atoms. The highest BCUT2D eigenvalue weighted by Gasteiger charge is 1.94. The summed E-state index contributed by atoms with van der Waals surface area (Å²) in [7, 11) is 1.52. The maximum absolute atomic E-state index is 5.33. The minimum absolute atomic E-state index is 0.364. The second kappa shape index (κ2) is 6.54. The molecule has 0 bridgehead atoms. The summed E-state index contributed by atoms with van der Waals surface area (Å²) in [6.07, 6.45) is 1.62. The Labute approximate surface area is 72.8 Å². The number of methoxy groups -OCH3 is 1. The van der Waals surface area contributed by atoms with E-state index in [1.807, 2.05) is 13.8 Å². The molecule has 4 nitrogen and oxygen atoms in total. The monoisotopic (exact) mass is 169 g/mol. The van der Waals surface area contributed by atoms with Crippen LogP contribution in [0.5, 0.6) is 6.01 Å². The van der Waals surface area contributed by atoms with Crippen molar-refractivity contribution < 1.29 is 4.74 Å². The summed E-state index contributed by atoms with van der Waals surface area (Å²) in [5.41, 5.74) is 6.11. The maximum Gasteiger partial charge on any atom is 0.316 e. The van der Waals surface area contributed by atoms with Gasteiger partial charge in [-0.15, -0.1) is 0 Å². The van der Waals surface area contributed by atoms with Crippen LogP contribution in [-0.4, -0.2) is 17.1 Å². The second-order valence-electron chi connectivity index (χ2n) is 1.74. The lowest BCUT2D eigenvalue weighted by molar-refractivity contribution is 0.378. The number of rotatable bonds is 2. The molecule has 0 fully saturated rings. The Bertz CT molecular complexity index is 196. The molecule has 0 aromatic carbocycles. The van der Waals surface area contributed by atoms with Crippen LogP contribution in [0, 0.1) is 0 Å². The fourth-order valence-corrected chi connectivity index (χ4v) is 0.588. The van der Waals surface area contributed by atoms with Crippen molar-refractivity contribution in [2.45, 2.75) is 20.4 Å². The largest absolute Gasteiger partial charge is 0.467 e. The van der Waals surface area contributed by atoms with Crippen LogP contribution in [0.25, 0.3) is 0 Å². The third-order valence-electron chi connectivity index (χ3n) is 1.08. The van der Waals surface area contributed by atoms with Gasteiger partial charge < -0.3 is 10.5 Å². The zero-order chi connectivity index (χ0) is 9.40. The normalized spacial score (nSPS) is 8.33. The molecule has 2 N–H and O–H groups in total. The van der Waals surface area contributed by atoms with Gasteiger partial charge in [-0.3, -0.25) is 0 Å². The molecule has 0 atom stereocenters. The van der Waals surface area contributed by atoms with E-state index in [0.717, 1.165) is 5.69 Å². The number of aromatic nitrogens is 2. The number of hydrogen-bond donors (Lipinski definition) is 1. The summed E-state index contributed by atoms with van der Waals surface area (Å²) in [5, 5.41) is 0. The smallest absolute Gasteiger partial charge is 0.316 e. The van der Waals surface area contributed by atoms with Crippen molar-refractivity contribution in [2.24, 2.45) is 5.73 Å². The number of nitrogens with two attached hydrogens (primary N) is 1. The van der Waals surface area contributed by atoms with E-state index < -0.39 is 0 Å². The maximum atomic E-state index is 5.33. The van der Waals surface area contributed by atoms with Crippen LogP contribution in [0.3, 0.4) is 0 Å². The molecule has 12 heavy (non-hydrogen) atoms. The first-order valence-corrected chi connectivity index (χ1v) is 3.93. The van der Waals surface area contributed by atoms with Gasteiger partial charge in [0, 0.05) is 12.7 Å². The number of nitrogens with zero attached hydrogens (tertiary/aromatic N) is 2. The molecule has 4 heteroatoms. The van der Waals surface area contributed by atoms with Gasteiger partial charge in [-0.25, -0.2) is 4.98 Å². The topological polar surface area (TPSA) is 61.0 Å². The Morgan fingerprint density at radius 3 is 2.67 bits per heavy atom. The Balaban J connectivity index is 0.000000561. The zero-order valence-corrected chi connectivity index (χ0v) is 7.74. The number of ether oxygens (including phenoxy) is 1. The number of hydrogen-bond acceptors (Lipinski definition) is 4. The van der Waals surface area contributed by atoms with Crippen LogP contribution >= 0.6 is 0 Å². The van der Waals surface area contributed by atoms with Gasteiger partial charge in [-0.1, -0.05) is 13.8 Å². The minimum atomic E-state index is 0.364. The Morgan fingerprint density at radius 1 is 1.50 bits per heavy atom. The minimum Gasteiger partial charge on any atom is -0.467 e. The molecule has 0 aliphatic heterocycles. The first kappa shape index (κ1) is 10.8. The van der Waals surface area contributed by atoms with E-state index in [0.29, 0.717) is 12.6 Å². The lowest BCUT2D eigenvalue weighted by atomic mass is 10.4. The summed E-state index contributed by atoms with van der Waals surface area (Å²) in [6, 6.07) is 2.12. The van der Waals surface area contributed by atoms with Crippen LogP contribution in [0.15, 0.2) is 12.3 Å². The van der Waals surface area contributed by atoms with Crippen molar-refractivity contribution in [1.29, 1.82) is 0 Å². The molecular formula is C8H15N3O. The lowest BCUT2D eigenvalue weighted by Crippen LogP contribution is -2.01. The van der Waals surface area contributed by atoms with E-state index in [9.17, 15) is 0 Å². The molecule has 1 heterocycles. The van der Waals surface area contributed by atoms with Gasteiger partial charge in [0.25, 0.3) is 0 Å². The summed E-state index contributed by atoms with van der Waals surface area (Å²) in [4.78, 5) is 7.77. The molecule has 0 amide bonds. The highest BCUT2D eigenvalue weighted by atomic mass is 16.5. The fraction of sp³-hybridized carbons (Fsp3) is 0.500. The van der Waals surface area contributed by atoms with Crippen molar-refractivity contribution in [2.75, 3.05) is 7.11 Å². The predicted molar refractivity (Wildman–Crippen MR) is 47.8 cm³/mol. The quantitative estimate of drug-likeness (QED) is 0.716. The van der Waals surface area contributed by atoms with E-state index in [1.165, 1.54) is 7.11 Å². The molecule has 1 aromatic heterocycles. The third kappa shape index (κ3) is 3.30. The average Bonchev–Trinajstić information content (AvgIpc) is 2.21. The van der Waals surface area contributed by atoms with E-state index in [4.69, 9.17) is 10.5 Å².